The first-order valence-corrected chi connectivity index (χ1v) is 11.0. The molecule has 0 aliphatic rings. The molecule has 140 valence electrons. The van der Waals surface area contributed by atoms with Crippen molar-refractivity contribution in [2.75, 3.05) is 6.29 Å². The van der Waals surface area contributed by atoms with Crippen LogP contribution in [0.1, 0.15) is 20.8 Å². The minimum Gasteiger partial charge on any atom is -0.443 e. The predicted molar refractivity (Wildman–Crippen MR) is 103 cm³/mol. The van der Waals surface area contributed by atoms with E-state index in [0.29, 0.717) is 14.9 Å². The molecule has 0 bridgehead atoms. The average molecular weight is 395 g/mol. The van der Waals surface area contributed by atoms with Crippen LogP contribution in [-0.4, -0.2) is 30.7 Å². The van der Waals surface area contributed by atoms with E-state index in [1.807, 2.05) is 0 Å². The summed E-state index contributed by atoms with van der Waals surface area (Å²) in [5, 5.41) is 0.938. The summed E-state index contributed by atoms with van der Waals surface area (Å²) < 4.78 is 43.0. The van der Waals surface area contributed by atoms with Crippen LogP contribution in [0.2, 0.25) is 0 Å². The summed E-state index contributed by atoms with van der Waals surface area (Å²) in [6, 6.07) is 17.1. The second-order valence-corrected chi connectivity index (χ2v) is 10.4. The Morgan fingerprint density at radius 3 is 1.73 bits per heavy atom. The van der Waals surface area contributed by atoms with Crippen LogP contribution < -0.4 is 10.6 Å². The first kappa shape index (κ1) is 20.2. The maximum atomic E-state index is 13.9. The molecule has 0 saturated heterocycles. The van der Waals surface area contributed by atoms with Gasteiger partial charge in [-0.15, -0.1) is 0 Å². The molecular formula is C18H22NO5PS. The molecule has 0 unspecified atom stereocenters. The van der Waals surface area contributed by atoms with Crippen LogP contribution in [0.4, 0.5) is 4.79 Å². The smallest absolute Gasteiger partial charge is 0.424 e. The van der Waals surface area contributed by atoms with E-state index < -0.39 is 36.0 Å². The normalized spacial score (nSPS) is 12.0. The highest BCUT2D eigenvalue weighted by atomic mass is 32.2. The van der Waals surface area contributed by atoms with Gasteiger partial charge in [-0.05, 0) is 20.8 Å². The van der Waals surface area contributed by atoms with Crippen molar-refractivity contribution < 1.29 is 22.5 Å². The monoisotopic (exact) mass is 395 g/mol. The molecular weight excluding hydrogens is 373 g/mol. The van der Waals surface area contributed by atoms with Crippen LogP contribution in [0.3, 0.4) is 0 Å². The van der Waals surface area contributed by atoms with Crippen molar-refractivity contribution in [3.63, 3.8) is 0 Å². The summed E-state index contributed by atoms with van der Waals surface area (Å²) in [6.45, 7) is 4.90. The summed E-state index contributed by atoms with van der Waals surface area (Å²) in [5.74, 6) is 0. The van der Waals surface area contributed by atoms with E-state index in [-0.39, 0.29) is 0 Å². The van der Waals surface area contributed by atoms with Crippen molar-refractivity contribution in [1.29, 1.82) is 0 Å². The van der Waals surface area contributed by atoms with Crippen LogP contribution in [0, 0.1) is 0 Å². The lowest BCUT2D eigenvalue weighted by atomic mass is 10.2. The first-order valence-electron chi connectivity index (χ1n) is 7.98. The second kappa shape index (κ2) is 8.06. The highest BCUT2D eigenvalue weighted by Crippen LogP contribution is 2.44. The van der Waals surface area contributed by atoms with Gasteiger partial charge in [-0.25, -0.2) is 13.2 Å². The zero-order valence-corrected chi connectivity index (χ0v) is 16.7. The Morgan fingerprint density at radius 2 is 1.38 bits per heavy atom. The molecule has 0 aliphatic heterocycles. The number of rotatable bonds is 5. The lowest BCUT2D eigenvalue weighted by Crippen LogP contribution is -2.38. The predicted octanol–water partition coefficient (Wildman–Crippen LogP) is 2.72. The Bertz CT molecular complexity index is 824. The molecule has 1 amide bonds. The molecule has 0 heterocycles. The molecule has 0 spiro atoms. The zero-order valence-electron chi connectivity index (χ0n) is 14.9. The van der Waals surface area contributed by atoms with Crippen LogP contribution in [0.5, 0.6) is 0 Å². The molecule has 0 radical (unpaired) electrons. The van der Waals surface area contributed by atoms with Gasteiger partial charge >= 0.3 is 6.09 Å². The molecule has 2 aromatic carbocycles. The van der Waals surface area contributed by atoms with Crippen molar-refractivity contribution in [3.8, 4) is 0 Å². The van der Waals surface area contributed by atoms with Crippen molar-refractivity contribution >= 4 is 34.7 Å². The van der Waals surface area contributed by atoms with E-state index in [2.05, 4.69) is 0 Å². The highest BCUT2D eigenvalue weighted by Gasteiger charge is 2.35. The van der Waals surface area contributed by atoms with Crippen molar-refractivity contribution in [3.05, 3.63) is 60.7 Å². The van der Waals surface area contributed by atoms with Gasteiger partial charge in [-0.2, -0.15) is 4.31 Å². The summed E-state index contributed by atoms with van der Waals surface area (Å²) in [4.78, 5) is 12.3. The fourth-order valence-electron chi connectivity index (χ4n) is 2.33. The largest absolute Gasteiger partial charge is 0.443 e. The third kappa shape index (κ3) is 4.96. The fourth-order valence-corrected chi connectivity index (χ4v) is 5.88. The molecule has 2 aromatic rings. The van der Waals surface area contributed by atoms with Crippen molar-refractivity contribution in [2.45, 2.75) is 26.4 Å². The van der Waals surface area contributed by atoms with E-state index in [0.717, 1.165) is 0 Å². The maximum absolute atomic E-state index is 13.9. The van der Waals surface area contributed by atoms with Crippen LogP contribution >= 0.6 is 7.14 Å². The van der Waals surface area contributed by atoms with Crippen LogP contribution in [0.25, 0.3) is 0 Å². The van der Waals surface area contributed by atoms with E-state index in [9.17, 15) is 17.8 Å². The van der Waals surface area contributed by atoms with E-state index in [1.165, 1.54) is 0 Å². The highest BCUT2D eigenvalue weighted by molar-refractivity contribution is 7.79. The Morgan fingerprint density at radius 1 is 0.962 bits per heavy atom. The van der Waals surface area contributed by atoms with E-state index >= 15 is 0 Å². The van der Waals surface area contributed by atoms with Gasteiger partial charge < -0.3 is 9.30 Å². The van der Waals surface area contributed by atoms with Gasteiger partial charge in [0.05, 0.1) is 0 Å². The van der Waals surface area contributed by atoms with Crippen molar-refractivity contribution in [2.24, 2.45) is 0 Å². The number of hydrogen-bond acceptors (Lipinski definition) is 5. The number of benzene rings is 2. The van der Waals surface area contributed by atoms with E-state index in [1.54, 1.807) is 81.4 Å². The molecule has 6 nitrogen and oxygen atoms in total. The quantitative estimate of drug-likeness (QED) is 0.622. The molecule has 2 rings (SSSR count). The number of amides is 1. The van der Waals surface area contributed by atoms with Gasteiger partial charge in [0.25, 0.3) is 0 Å². The summed E-state index contributed by atoms with van der Waals surface area (Å²) in [5.41, 5.74) is -0.871. The fraction of sp³-hybridized carbons (Fsp3) is 0.278. The molecule has 0 N–H and O–H groups in total. The van der Waals surface area contributed by atoms with Gasteiger partial charge in [0, 0.05) is 10.6 Å². The third-order valence-electron chi connectivity index (χ3n) is 3.48. The Balaban J connectivity index is 2.49. The maximum Gasteiger partial charge on any atom is 0.424 e. The second-order valence-electron chi connectivity index (χ2n) is 6.67. The SMILES string of the molecule is CC(C)(C)OC(=O)N(CP(=O)(c1ccccc1)c1ccccc1)[SH](=O)=O. The molecule has 0 aromatic heterocycles. The number of carbonyl (C=O) groups is 1. The number of nitrogens with zero attached hydrogens (tertiary/aromatic N) is 1. The molecule has 0 aliphatic carbocycles. The van der Waals surface area contributed by atoms with Gasteiger partial charge in [0.15, 0.2) is 7.14 Å². The number of hydrogen-bond donors (Lipinski definition) is 1. The zero-order chi connectivity index (χ0) is 19.4. The molecule has 0 saturated carbocycles. The Hall–Kier alpha value is -2.11. The average Bonchev–Trinajstić information content (AvgIpc) is 2.59. The molecule has 8 heteroatoms. The lowest BCUT2D eigenvalue weighted by molar-refractivity contribution is 0.0415. The third-order valence-corrected chi connectivity index (χ3v) is 7.35. The molecule has 0 atom stereocenters. The van der Waals surface area contributed by atoms with Crippen LogP contribution in [0.15, 0.2) is 60.7 Å². The van der Waals surface area contributed by atoms with E-state index in [4.69, 9.17) is 4.74 Å². The van der Waals surface area contributed by atoms with Gasteiger partial charge in [0.2, 0.25) is 10.9 Å². The number of carbonyl (C=O) groups excluding carboxylic acids is 1. The summed E-state index contributed by atoms with van der Waals surface area (Å²) >= 11 is 0. The number of ether oxygens (including phenoxy) is 1. The van der Waals surface area contributed by atoms with Gasteiger partial charge in [-0.1, -0.05) is 60.7 Å². The molecule has 26 heavy (non-hydrogen) atoms. The standard InChI is InChI=1S/C18H22NO5PS/c1-18(2,3)24-17(20)19(26(22)23)14-25(21,15-10-6-4-7-11-15)16-12-8-5-9-13-16/h4-13,26H,14H2,1-3H3. The lowest BCUT2D eigenvalue weighted by Gasteiger charge is -2.27. The Labute approximate surface area is 155 Å². The summed E-state index contributed by atoms with van der Waals surface area (Å²) in [6.07, 6.45) is -1.53. The van der Waals surface area contributed by atoms with Gasteiger partial charge in [-0.3, -0.25) is 0 Å². The molecule has 0 fully saturated rings. The van der Waals surface area contributed by atoms with Crippen molar-refractivity contribution in [1.82, 2.24) is 4.31 Å². The minimum absolute atomic E-state index is 0.469. The number of thiol groups is 1. The Kier molecular flexibility index (Phi) is 6.26. The minimum atomic E-state index is -3.41. The first-order chi connectivity index (χ1) is 12.1. The van der Waals surface area contributed by atoms with Crippen LogP contribution in [-0.2, 0) is 20.2 Å². The van der Waals surface area contributed by atoms with Gasteiger partial charge in [0.1, 0.15) is 11.9 Å². The summed E-state index contributed by atoms with van der Waals surface area (Å²) in [7, 11) is -6.73. The topological polar surface area (TPSA) is 80.8 Å².